The van der Waals surface area contributed by atoms with Gasteiger partial charge in [0.25, 0.3) is 0 Å². The zero-order valence-corrected chi connectivity index (χ0v) is 11.6. The minimum Gasteiger partial charge on any atom is -0.497 e. The fourth-order valence-corrected chi connectivity index (χ4v) is 1.52. The molecule has 0 N–H and O–H groups in total. The van der Waals surface area contributed by atoms with Crippen molar-refractivity contribution < 1.29 is 14.2 Å². The van der Waals surface area contributed by atoms with Crippen LogP contribution in [0.15, 0.2) is 18.2 Å². The number of ether oxygens (including phenoxy) is 3. The molecule has 1 aromatic rings. The molecular formula is C14H17ClO3. The number of alkyl halides is 1. The average molecular weight is 269 g/mol. The minimum atomic E-state index is -0.0417. The Labute approximate surface area is 113 Å². The Morgan fingerprint density at radius 3 is 2.72 bits per heavy atom. The van der Waals surface area contributed by atoms with E-state index < -0.39 is 0 Å². The van der Waals surface area contributed by atoms with Crippen molar-refractivity contribution in [2.75, 3.05) is 26.7 Å². The van der Waals surface area contributed by atoms with Crippen molar-refractivity contribution in [3.8, 4) is 23.3 Å². The molecule has 0 aromatic heterocycles. The Bertz CT molecular complexity index is 434. The summed E-state index contributed by atoms with van der Waals surface area (Å²) in [6, 6.07) is 5.50. The largest absolute Gasteiger partial charge is 0.497 e. The molecule has 1 unspecified atom stereocenters. The Morgan fingerprint density at radius 1 is 1.33 bits per heavy atom. The third-order valence-electron chi connectivity index (χ3n) is 2.21. The minimum absolute atomic E-state index is 0.0417. The topological polar surface area (TPSA) is 27.7 Å². The fraction of sp³-hybridized carbons (Fsp3) is 0.429. The Kier molecular flexibility index (Phi) is 6.42. The average Bonchev–Trinajstić information content (AvgIpc) is 2.37. The fourth-order valence-electron chi connectivity index (χ4n) is 1.45. The summed E-state index contributed by atoms with van der Waals surface area (Å²) < 4.78 is 16.0. The lowest BCUT2D eigenvalue weighted by Crippen LogP contribution is -2.18. The van der Waals surface area contributed by atoms with Gasteiger partial charge in [-0.1, -0.05) is 11.8 Å². The van der Waals surface area contributed by atoms with Crippen molar-refractivity contribution in [2.45, 2.75) is 13.0 Å². The first-order chi connectivity index (χ1) is 8.71. The van der Waals surface area contributed by atoms with Crippen molar-refractivity contribution >= 4 is 11.6 Å². The first kappa shape index (κ1) is 14.7. The summed E-state index contributed by atoms with van der Waals surface area (Å²) in [7, 11) is 3.25. The standard InChI is InChI=1S/C14H17ClO3/c1-11(10-16-2)18-14-7-6-13(17-3)9-12(14)5-4-8-15/h6-7,9,11H,8,10H2,1-3H3. The van der Waals surface area contributed by atoms with Crippen LogP contribution in [0.25, 0.3) is 0 Å². The van der Waals surface area contributed by atoms with E-state index in [0.29, 0.717) is 12.4 Å². The third-order valence-corrected chi connectivity index (χ3v) is 2.34. The highest BCUT2D eigenvalue weighted by atomic mass is 35.5. The summed E-state index contributed by atoms with van der Waals surface area (Å²) in [6.07, 6.45) is -0.0417. The Balaban J connectivity index is 2.94. The molecule has 0 saturated heterocycles. The molecule has 0 radical (unpaired) electrons. The van der Waals surface area contributed by atoms with Crippen LogP contribution in [0.3, 0.4) is 0 Å². The maximum atomic E-state index is 5.76. The van der Waals surface area contributed by atoms with Crippen LogP contribution in [0.2, 0.25) is 0 Å². The molecule has 1 aromatic carbocycles. The van der Waals surface area contributed by atoms with Crippen LogP contribution in [0.4, 0.5) is 0 Å². The van der Waals surface area contributed by atoms with E-state index in [1.165, 1.54) is 0 Å². The second-order valence-corrected chi connectivity index (χ2v) is 3.95. The van der Waals surface area contributed by atoms with Gasteiger partial charge in [0.1, 0.15) is 17.6 Å². The quantitative estimate of drug-likeness (QED) is 0.607. The van der Waals surface area contributed by atoms with Crippen molar-refractivity contribution in [3.05, 3.63) is 23.8 Å². The molecular weight excluding hydrogens is 252 g/mol. The van der Waals surface area contributed by atoms with Gasteiger partial charge in [0, 0.05) is 7.11 Å². The molecule has 0 heterocycles. The predicted octanol–water partition coefficient (Wildman–Crippen LogP) is 2.70. The van der Waals surface area contributed by atoms with E-state index in [9.17, 15) is 0 Å². The first-order valence-electron chi connectivity index (χ1n) is 5.59. The van der Waals surface area contributed by atoms with E-state index in [-0.39, 0.29) is 12.0 Å². The van der Waals surface area contributed by atoms with Gasteiger partial charge in [-0.25, -0.2) is 0 Å². The molecule has 98 valence electrons. The van der Waals surface area contributed by atoms with Gasteiger partial charge < -0.3 is 14.2 Å². The van der Waals surface area contributed by atoms with Crippen LogP contribution in [-0.2, 0) is 4.74 Å². The summed E-state index contributed by atoms with van der Waals surface area (Å²) >= 11 is 5.57. The number of halogens is 1. The van der Waals surface area contributed by atoms with Crippen LogP contribution < -0.4 is 9.47 Å². The monoisotopic (exact) mass is 268 g/mol. The van der Waals surface area contributed by atoms with Crippen LogP contribution in [0, 0.1) is 11.8 Å². The van der Waals surface area contributed by atoms with E-state index in [1.807, 2.05) is 25.1 Å². The molecule has 0 spiro atoms. The SMILES string of the molecule is COCC(C)Oc1ccc(OC)cc1C#CCCl. The second kappa shape index (κ2) is 7.86. The number of hydrogen-bond donors (Lipinski definition) is 0. The molecule has 0 amide bonds. The zero-order chi connectivity index (χ0) is 13.4. The van der Waals surface area contributed by atoms with Crippen LogP contribution >= 0.6 is 11.6 Å². The summed E-state index contributed by atoms with van der Waals surface area (Å²) in [5.41, 5.74) is 0.762. The van der Waals surface area contributed by atoms with E-state index in [0.717, 1.165) is 11.3 Å². The molecule has 0 aliphatic carbocycles. The maximum Gasteiger partial charge on any atom is 0.135 e. The highest BCUT2D eigenvalue weighted by Crippen LogP contribution is 2.24. The molecule has 1 atom stereocenters. The summed E-state index contributed by atoms with van der Waals surface area (Å²) in [5, 5.41) is 0. The van der Waals surface area contributed by atoms with Gasteiger partial charge in [0.15, 0.2) is 0 Å². The molecule has 4 heteroatoms. The van der Waals surface area contributed by atoms with Gasteiger partial charge in [-0.15, -0.1) is 11.6 Å². The highest BCUT2D eigenvalue weighted by molar-refractivity contribution is 6.19. The van der Waals surface area contributed by atoms with E-state index in [4.69, 9.17) is 25.8 Å². The molecule has 0 fully saturated rings. The first-order valence-corrected chi connectivity index (χ1v) is 6.13. The van der Waals surface area contributed by atoms with Gasteiger partial charge in [-0.3, -0.25) is 0 Å². The van der Waals surface area contributed by atoms with Crippen LogP contribution in [0.1, 0.15) is 12.5 Å². The van der Waals surface area contributed by atoms with Crippen LogP contribution in [0.5, 0.6) is 11.5 Å². The number of hydrogen-bond acceptors (Lipinski definition) is 3. The van der Waals surface area contributed by atoms with Crippen molar-refractivity contribution in [1.29, 1.82) is 0 Å². The number of rotatable bonds is 5. The summed E-state index contributed by atoms with van der Waals surface area (Å²) in [4.78, 5) is 0. The smallest absolute Gasteiger partial charge is 0.135 e. The van der Waals surface area contributed by atoms with E-state index in [1.54, 1.807) is 14.2 Å². The summed E-state index contributed by atoms with van der Waals surface area (Å²) in [6.45, 7) is 2.46. The van der Waals surface area contributed by atoms with Gasteiger partial charge in [-0.05, 0) is 25.1 Å². The Morgan fingerprint density at radius 2 is 2.11 bits per heavy atom. The summed E-state index contributed by atoms with van der Waals surface area (Å²) in [5.74, 6) is 7.49. The van der Waals surface area contributed by atoms with E-state index >= 15 is 0 Å². The van der Waals surface area contributed by atoms with Crippen LogP contribution in [-0.4, -0.2) is 32.8 Å². The molecule has 0 aliphatic heterocycles. The van der Waals surface area contributed by atoms with Gasteiger partial charge >= 0.3 is 0 Å². The molecule has 0 saturated carbocycles. The van der Waals surface area contributed by atoms with Crippen molar-refractivity contribution in [3.63, 3.8) is 0 Å². The molecule has 18 heavy (non-hydrogen) atoms. The number of methoxy groups -OCH3 is 2. The lowest BCUT2D eigenvalue weighted by Gasteiger charge is -2.15. The molecule has 3 nitrogen and oxygen atoms in total. The molecule has 0 bridgehead atoms. The third kappa shape index (κ3) is 4.48. The van der Waals surface area contributed by atoms with Crippen molar-refractivity contribution in [2.24, 2.45) is 0 Å². The predicted molar refractivity (Wildman–Crippen MR) is 72.6 cm³/mol. The van der Waals surface area contributed by atoms with Gasteiger partial charge in [0.05, 0.1) is 25.2 Å². The number of benzene rings is 1. The molecule has 0 aliphatic rings. The van der Waals surface area contributed by atoms with Gasteiger partial charge in [0.2, 0.25) is 0 Å². The highest BCUT2D eigenvalue weighted by Gasteiger charge is 2.08. The molecule has 1 rings (SSSR count). The van der Waals surface area contributed by atoms with E-state index in [2.05, 4.69) is 11.8 Å². The normalized spacial score (nSPS) is 11.3. The lowest BCUT2D eigenvalue weighted by atomic mass is 10.2. The van der Waals surface area contributed by atoms with Gasteiger partial charge in [-0.2, -0.15) is 0 Å². The maximum absolute atomic E-state index is 5.76. The van der Waals surface area contributed by atoms with Crippen molar-refractivity contribution in [1.82, 2.24) is 0 Å². The zero-order valence-electron chi connectivity index (χ0n) is 10.8. The second-order valence-electron chi connectivity index (χ2n) is 3.68. The Hall–Kier alpha value is -1.37. The lowest BCUT2D eigenvalue weighted by molar-refractivity contribution is 0.0918.